The Kier molecular flexibility index (Phi) is 4.88. The van der Waals surface area contributed by atoms with Gasteiger partial charge in [-0.1, -0.05) is 23.2 Å². The lowest BCUT2D eigenvalue weighted by Gasteiger charge is -2.09. The van der Waals surface area contributed by atoms with Crippen LogP contribution in [0.25, 0.3) is 5.69 Å². The van der Waals surface area contributed by atoms with Gasteiger partial charge in [-0.15, -0.1) is 0 Å². The van der Waals surface area contributed by atoms with Gasteiger partial charge in [0.1, 0.15) is 0 Å². The zero-order valence-electron chi connectivity index (χ0n) is 11.6. The highest BCUT2D eigenvalue weighted by Gasteiger charge is 2.16. The van der Waals surface area contributed by atoms with E-state index in [1.54, 1.807) is 35.9 Å². The summed E-state index contributed by atoms with van der Waals surface area (Å²) in [4.78, 5) is 12.0. The lowest BCUT2D eigenvalue weighted by atomic mass is 10.3. The monoisotopic (exact) mass is 327 g/mol. The molecule has 2 N–H and O–H groups in total. The maximum Gasteiger partial charge on any atom is 0.272 e. The number of nitrogens with zero attached hydrogens (tertiary/aromatic N) is 2. The summed E-state index contributed by atoms with van der Waals surface area (Å²) in [5, 5.41) is 16.8. The van der Waals surface area contributed by atoms with E-state index in [9.17, 15) is 4.79 Å². The summed E-state index contributed by atoms with van der Waals surface area (Å²) in [6, 6.07) is 6.39. The molecule has 1 amide bonds. The molecule has 7 heteroatoms. The fourth-order valence-corrected chi connectivity index (χ4v) is 2.31. The van der Waals surface area contributed by atoms with Crippen LogP contribution >= 0.6 is 23.2 Å². The van der Waals surface area contributed by atoms with Crippen molar-refractivity contribution in [3.63, 3.8) is 0 Å². The third-order valence-electron chi connectivity index (χ3n) is 2.91. The van der Waals surface area contributed by atoms with Gasteiger partial charge in [0.25, 0.3) is 5.91 Å². The van der Waals surface area contributed by atoms with Gasteiger partial charge in [0.2, 0.25) is 0 Å². The Bertz CT molecular complexity index is 670. The highest BCUT2D eigenvalue weighted by atomic mass is 35.5. The highest BCUT2D eigenvalue weighted by molar-refractivity contribution is 6.35. The first-order valence-electron chi connectivity index (χ1n) is 6.36. The van der Waals surface area contributed by atoms with Gasteiger partial charge in [-0.05, 0) is 38.1 Å². The molecule has 21 heavy (non-hydrogen) atoms. The Balaban J connectivity index is 2.33. The van der Waals surface area contributed by atoms with E-state index < -0.39 is 0 Å². The van der Waals surface area contributed by atoms with E-state index >= 15 is 0 Å². The third kappa shape index (κ3) is 3.56. The molecule has 1 aromatic heterocycles. The number of amides is 1. The van der Waals surface area contributed by atoms with E-state index in [0.29, 0.717) is 15.7 Å². The smallest absolute Gasteiger partial charge is 0.272 e. The normalized spacial score (nSPS) is 12.2. The second-order valence-electron chi connectivity index (χ2n) is 4.74. The second-order valence-corrected chi connectivity index (χ2v) is 5.58. The largest absolute Gasteiger partial charge is 0.394 e. The molecule has 1 unspecified atom stereocenters. The van der Waals surface area contributed by atoms with Crippen LogP contribution in [0.2, 0.25) is 10.0 Å². The number of aliphatic hydroxyl groups excluding tert-OH is 1. The SMILES string of the molecule is Cc1cc(C(=O)NC(C)CO)nn1-c1ccc(Cl)cc1Cl. The minimum atomic E-state index is -0.344. The van der Waals surface area contributed by atoms with Crippen molar-refractivity contribution in [2.24, 2.45) is 0 Å². The van der Waals surface area contributed by atoms with Crippen LogP contribution in [0.15, 0.2) is 24.3 Å². The van der Waals surface area contributed by atoms with Gasteiger partial charge in [-0.25, -0.2) is 4.68 Å². The predicted octanol–water partition coefficient (Wildman–Crippen LogP) is 2.60. The molecule has 0 bridgehead atoms. The van der Waals surface area contributed by atoms with Gasteiger partial charge in [-0.3, -0.25) is 4.79 Å². The number of carbonyl (C=O) groups excluding carboxylic acids is 1. The molecule has 1 aromatic carbocycles. The molecule has 0 aliphatic rings. The van der Waals surface area contributed by atoms with E-state index in [0.717, 1.165) is 5.69 Å². The number of aromatic nitrogens is 2. The van der Waals surface area contributed by atoms with E-state index in [-0.39, 0.29) is 24.2 Å². The van der Waals surface area contributed by atoms with E-state index in [1.807, 2.05) is 6.92 Å². The first-order valence-corrected chi connectivity index (χ1v) is 7.11. The zero-order chi connectivity index (χ0) is 15.6. The van der Waals surface area contributed by atoms with Crippen molar-refractivity contribution in [2.45, 2.75) is 19.9 Å². The van der Waals surface area contributed by atoms with Gasteiger partial charge in [0.05, 0.1) is 17.3 Å². The number of aliphatic hydroxyl groups is 1. The van der Waals surface area contributed by atoms with Gasteiger partial charge in [-0.2, -0.15) is 5.10 Å². The van der Waals surface area contributed by atoms with Crippen LogP contribution in [0, 0.1) is 6.92 Å². The fraction of sp³-hybridized carbons (Fsp3) is 0.286. The summed E-state index contributed by atoms with van der Waals surface area (Å²) < 4.78 is 1.58. The number of aryl methyl sites for hydroxylation is 1. The molecular formula is C14H15Cl2N3O2. The van der Waals surface area contributed by atoms with Gasteiger partial charge in [0.15, 0.2) is 5.69 Å². The molecule has 0 fully saturated rings. The van der Waals surface area contributed by atoms with Crippen molar-refractivity contribution in [3.05, 3.63) is 45.7 Å². The van der Waals surface area contributed by atoms with Gasteiger partial charge >= 0.3 is 0 Å². The Morgan fingerprint density at radius 3 is 2.76 bits per heavy atom. The van der Waals surface area contributed by atoms with E-state index in [2.05, 4.69) is 10.4 Å². The highest BCUT2D eigenvalue weighted by Crippen LogP contribution is 2.25. The summed E-state index contributed by atoms with van der Waals surface area (Å²) in [5.41, 5.74) is 1.67. The predicted molar refractivity (Wildman–Crippen MR) is 82.3 cm³/mol. The van der Waals surface area contributed by atoms with Crippen molar-refractivity contribution in [2.75, 3.05) is 6.61 Å². The van der Waals surface area contributed by atoms with Crippen LogP contribution in [0.3, 0.4) is 0 Å². The zero-order valence-corrected chi connectivity index (χ0v) is 13.1. The molecule has 0 aliphatic heterocycles. The lowest BCUT2D eigenvalue weighted by molar-refractivity contribution is 0.0917. The van der Waals surface area contributed by atoms with Crippen LogP contribution < -0.4 is 5.32 Å². The second kappa shape index (κ2) is 6.47. The minimum Gasteiger partial charge on any atom is -0.394 e. The topological polar surface area (TPSA) is 67.2 Å². The molecule has 0 radical (unpaired) electrons. The molecule has 1 atom stereocenters. The number of rotatable bonds is 4. The molecule has 0 saturated carbocycles. The number of hydrogen-bond acceptors (Lipinski definition) is 3. The van der Waals surface area contributed by atoms with Crippen molar-refractivity contribution in [1.29, 1.82) is 0 Å². The van der Waals surface area contributed by atoms with Crippen molar-refractivity contribution in [3.8, 4) is 5.69 Å². The summed E-state index contributed by atoms with van der Waals surface area (Å²) in [5.74, 6) is -0.344. The average molecular weight is 328 g/mol. The Morgan fingerprint density at radius 2 is 2.14 bits per heavy atom. The van der Waals surface area contributed by atoms with Crippen molar-refractivity contribution < 1.29 is 9.90 Å². The van der Waals surface area contributed by atoms with Crippen LogP contribution in [0.5, 0.6) is 0 Å². The Labute approximate surface area is 132 Å². The third-order valence-corrected chi connectivity index (χ3v) is 3.45. The molecule has 2 aromatic rings. The maximum absolute atomic E-state index is 12.0. The Morgan fingerprint density at radius 1 is 1.43 bits per heavy atom. The molecule has 0 spiro atoms. The molecule has 2 rings (SSSR count). The number of halogens is 2. The van der Waals surface area contributed by atoms with Crippen LogP contribution in [0.4, 0.5) is 0 Å². The quantitative estimate of drug-likeness (QED) is 0.907. The molecule has 5 nitrogen and oxygen atoms in total. The summed E-state index contributed by atoms with van der Waals surface area (Å²) >= 11 is 12.0. The molecule has 0 saturated heterocycles. The molecule has 0 aliphatic carbocycles. The van der Waals surface area contributed by atoms with Gasteiger partial charge in [0, 0.05) is 16.8 Å². The molecule has 1 heterocycles. The van der Waals surface area contributed by atoms with Crippen molar-refractivity contribution in [1.82, 2.24) is 15.1 Å². The fourth-order valence-electron chi connectivity index (χ4n) is 1.83. The standard InChI is InChI=1S/C14H15Cl2N3O2/c1-8(7-20)17-14(21)12-5-9(2)19(18-12)13-4-3-10(15)6-11(13)16/h3-6,8,20H,7H2,1-2H3,(H,17,21). The number of carbonyl (C=O) groups is 1. The maximum atomic E-state index is 12.0. The Hall–Kier alpha value is -1.56. The number of hydrogen-bond donors (Lipinski definition) is 2. The van der Waals surface area contributed by atoms with E-state index in [1.165, 1.54) is 0 Å². The molecular weight excluding hydrogens is 313 g/mol. The van der Waals surface area contributed by atoms with Crippen LogP contribution in [-0.2, 0) is 0 Å². The number of nitrogens with one attached hydrogen (secondary N) is 1. The summed E-state index contributed by atoms with van der Waals surface area (Å²) in [6.45, 7) is 3.40. The molecule has 112 valence electrons. The summed E-state index contributed by atoms with van der Waals surface area (Å²) in [6.07, 6.45) is 0. The van der Waals surface area contributed by atoms with Crippen molar-refractivity contribution >= 4 is 29.1 Å². The van der Waals surface area contributed by atoms with Crippen LogP contribution in [-0.4, -0.2) is 33.4 Å². The lowest BCUT2D eigenvalue weighted by Crippen LogP contribution is -2.35. The first kappa shape index (κ1) is 15.8. The first-order chi connectivity index (χ1) is 9.92. The summed E-state index contributed by atoms with van der Waals surface area (Å²) in [7, 11) is 0. The van der Waals surface area contributed by atoms with Crippen LogP contribution in [0.1, 0.15) is 23.1 Å². The van der Waals surface area contributed by atoms with Gasteiger partial charge < -0.3 is 10.4 Å². The minimum absolute atomic E-state index is 0.131. The average Bonchev–Trinajstić information content (AvgIpc) is 2.80. The van der Waals surface area contributed by atoms with E-state index in [4.69, 9.17) is 28.3 Å². The number of benzene rings is 1.